The van der Waals surface area contributed by atoms with E-state index in [0.717, 1.165) is 6.07 Å². The Bertz CT molecular complexity index is 591. The van der Waals surface area contributed by atoms with E-state index in [1.54, 1.807) is 24.3 Å². The molecule has 4 heteroatoms. The molecule has 0 aliphatic heterocycles. The van der Waals surface area contributed by atoms with Crippen LogP contribution in [-0.2, 0) is 6.42 Å². The summed E-state index contributed by atoms with van der Waals surface area (Å²) in [4.78, 5) is 0. The Hall–Kier alpha value is -1.94. The van der Waals surface area contributed by atoms with E-state index in [-0.39, 0.29) is 12.5 Å². The predicted molar refractivity (Wildman–Crippen MR) is 77.2 cm³/mol. The summed E-state index contributed by atoms with van der Waals surface area (Å²) in [5, 5.41) is 10.2. The Kier molecular flexibility index (Phi) is 4.91. The van der Waals surface area contributed by atoms with Crippen molar-refractivity contribution < 1.29 is 18.6 Å². The zero-order chi connectivity index (χ0) is 15.4. The molecule has 0 fully saturated rings. The van der Waals surface area contributed by atoms with Gasteiger partial charge in [-0.1, -0.05) is 12.1 Å². The van der Waals surface area contributed by atoms with Gasteiger partial charge in [0.2, 0.25) is 0 Å². The van der Waals surface area contributed by atoms with Gasteiger partial charge >= 0.3 is 0 Å². The van der Waals surface area contributed by atoms with Gasteiger partial charge in [-0.25, -0.2) is 8.78 Å². The Morgan fingerprint density at radius 2 is 1.71 bits per heavy atom. The number of hydrogen-bond donors (Lipinski definition) is 1. The Morgan fingerprint density at radius 1 is 1.05 bits per heavy atom. The topological polar surface area (TPSA) is 29.5 Å². The van der Waals surface area contributed by atoms with E-state index in [1.165, 1.54) is 12.1 Å². The van der Waals surface area contributed by atoms with E-state index >= 15 is 0 Å². The van der Waals surface area contributed by atoms with Crippen LogP contribution in [0.2, 0.25) is 0 Å². The minimum absolute atomic E-state index is 0.0368. The molecule has 1 N–H and O–H groups in total. The molecular formula is C17H18F2O2. The van der Waals surface area contributed by atoms with Gasteiger partial charge in [0.25, 0.3) is 0 Å². The zero-order valence-electron chi connectivity index (χ0n) is 12.0. The summed E-state index contributed by atoms with van der Waals surface area (Å²) in [6, 6.07) is 10.3. The van der Waals surface area contributed by atoms with Gasteiger partial charge in [0.05, 0.1) is 12.2 Å². The highest BCUT2D eigenvalue weighted by molar-refractivity contribution is 5.31. The number of ether oxygens (including phenoxy) is 1. The standard InChI is InChI=1S/C17H18F2O2/c1-11(2)21-16-5-3-4-13(9-16)17(20)8-12-6-14(18)10-15(19)7-12/h3-7,9-11,17,20H,8H2,1-2H3. The first-order chi connectivity index (χ1) is 9.94. The van der Waals surface area contributed by atoms with Crippen LogP contribution in [0.25, 0.3) is 0 Å². The fraction of sp³-hybridized carbons (Fsp3) is 0.294. The molecule has 2 aromatic rings. The summed E-state index contributed by atoms with van der Waals surface area (Å²) in [5.41, 5.74) is 1.06. The van der Waals surface area contributed by atoms with Gasteiger partial charge in [0.1, 0.15) is 17.4 Å². The average molecular weight is 292 g/mol. The van der Waals surface area contributed by atoms with Gasteiger partial charge in [-0.2, -0.15) is 0 Å². The summed E-state index contributed by atoms with van der Waals surface area (Å²) >= 11 is 0. The van der Waals surface area contributed by atoms with Crippen molar-refractivity contribution in [3.05, 3.63) is 65.2 Å². The van der Waals surface area contributed by atoms with Crippen molar-refractivity contribution >= 4 is 0 Å². The van der Waals surface area contributed by atoms with Crippen LogP contribution in [-0.4, -0.2) is 11.2 Å². The molecule has 0 spiro atoms. The number of hydrogen-bond acceptors (Lipinski definition) is 2. The van der Waals surface area contributed by atoms with Crippen molar-refractivity contribution in [2.45, 2.75) is 32.5 Å². The Labute approximate surface area is 123 Å². The summed E-state index contributed by atoms with van der Waals surface area (Å²) in [5.74, 6) is -0.629. The summed E-state index contributed by atoms with van der Waals surface area (Å²) in [7, 11) is 0. The quantitative estimate of drug-likeness (QED) is 0.901. The lowest BCUT2D eigenvalue weighted by Gasteiger charge is -2.14. The molecule has 0 aromatic heterocycles. The molecular weight excluding hydrogens is 274 g/mol. The van der Waals surface area contributed by atoms with Gasteiger partial charge in [-0.15, -0.1) is 0 Å². The van der Waals surface area contributed by atoms with Crippen molar-refractivity contribution in [1.29, 1.82) is 0 Å². The Morgan fingerprint density at radius 3 is 2.33 bits per heavy atom. The first-order valence-electron chi connectivity index (χ1n) is 6.83. The lowest BCUT2D eigenvalue weighted by Crippen LogP contribution is -2.07. The second-order valence-corrected chi connectivity index (χ2v) is 5.24. The first-order valence-corrected chi connectivity index (χ1v) is 6.83. The van der Waals surface area contributed by atoms with Crippen molar-refractivity contribution in [3.63, 3.8) is 0 Å². The van der Waals surface area contributed by atoms with Gasteiger partial charge in [-0.3, -0.25) is 0 Å². The highest BCUT2D eigenvalue weighted by Crippen LogP contribution is 2.23. The van der Waals surface area contributed by atoms with Crippen LogP contribution >= 0.6 is 0 Å². The summed E-state index contributed by atoms with van der Waals surface area (Å²) in [6.45, 7) is 3.83. The number of aliphatic hydroxyl groups is 1. The largest absolute Gasteiger partial charge is 0.491 e. The Balaban J connectivity index is 2.14. The number of benzene rings is 2. The fourth-order valence-corrected chi connectivity index (χ4v) is 2.14. The smallest absolute Gasteiger partial charge is 0.126 e. The average Bonchev–Trinajstić information content (AvgIpc) is 2.36. The highest BCUT2D eigenvalue weighted by Gasteiger charge is 2.11. The second kappa shape index (κ2) is 6.68. The van der Waals surface area contributed by atoms with E-state index in [9.17, 15) is 13.9 Å². The third-order valence-electron chi connectivity index (χ3n) is 2.97. The normalized spacial score (nSPS) is 12.5. The molecule has 0 saturated heterocycles. The van der Waals surface area contributed by atoms with E-state index in [2.05, 4.69) is 0 Å². The summed E-state index contributed by atoms with van der Waals surface area (Å²) < 4.78 is 31.9. The minimum atomic E-state index is -0.845. The first kappa shape index (κ1) is 15.4. The molecule has 1 unspecified atom stereocenters. The van der Waals surface area contributed by atoms with Crippen LogP contribution in [0.5, 0.6) is 5.75 Å². The van der Waals surface area contributed by atoms with Gasteiger partial charge in [0, 0.05) is 12.5 Å². The number of halogens is 2. The summed E-state index contributed by atoms with van der Waals surface area (Å²) in [6.07, 6.45) is -0.670. The van der Waals surface area contributed by atoms with Crippen LogP contribution < -0.4 is 4.74 Å². The molecule has 0 saturated carbocycles. The molecule has 2 rings (SSSR count). The SMILES string of the molecule is CC(C)Oc1cccc(C(O)Cc2cc(F)cc(F)c2)c1. The molecule has 2 nitrogen and oxygen atoms in total. The maximum Gasteiger partial charge on any atom is 0.126 e. The molecule has 21 heavy (non-hydrogen) atoms. The number of aliphatic hydroxyl groups excluding tert-OH is 1. The molecule has 1 atom stereocenters. The van der Waals surface area contributed by atoms with Gasteiger partial charge in [0.15, 0.2) is 0 Å². The predicted octanol–water partition coefficient (Wildman–Crippen LogP) is 4.03. The van der Waals surface area contributed by atoms with E-state index < -0.39 is 17.7 Å². The maximum atomic E-state index is 13.1. The van der Waals surface area contributed by atoms with E-state index in [4.69, 9.17) is 4.74 Å². The minimum Gasteiger partial charge on any atom is -0.491 e. The van der Waals surface area contributed by atoms with Gasteiger partial charge < -0.3 is 9.84 Å². The zero-order valence-corrected chi connectivity index (χ0v) is 12.0. The van der Waals surface area contributed by atoms with Crippen LogP contribution in [0.4, 0.5) is 8.78 Å². The monoisotopic (exact) mass is 292 g/mol. The molecule has 2 aromatic carbocycles. The lowest BCUT2D eigenvalue weighted by atomic mass is 10.0. The van der Waals surface area contributed by atoms with Crippen LogP contribution in [0, 0.1) is 11.6 Å². The number of rotatable bonds is 5. The van der Waals surface area contributed by atoms with Crippen LogP contribution in [0.15, 0.2) is 42.5 Å². The molecule has 112 valence electrons. The van der Waals surface area contributed by atoms with Crippen LogP contribution in [0.1, 0.15) is 31.1 Å². The molecule has 0 aliphatic carbocycles. The molecule has 0 radical (unpaired) electrons. The second-order valence-electron chi connectivity index (χ2n) is 5.24. The molecule has 0 bridgehead atoms. The van der Waals surface area contributed by atoms with E-state index in [1.807, 2.05) is 13.8 Å². The van der Waals surface area contributed by atoms with Crippen molar-refractivity contribution in [3.8, 4) is 5.75 Å². The molecule has 0 amide bonds. The third kappa shape index (κ3) is 4.53. The van der Waals surface area contributed by atoms with Crippen molar-refractivity contribution in [2.24, 2.45) is 0 Å². The van der Waals surface area contributed by atoms with Crippen LogP contribution in [0.3, 0.4) is 0 Å². The highest BCUT2D eigenvalue weighted by atomic mass is 19.1. The lowest BCUT2D eigenvalue weighted by molar-refractivity contribution is 0.177. The van der Waals surface area contributed by atoms with E-state index in [0.29, 0.717) is 16.9 Å². The maximum absolute atomic E-state index is 13.1. The van der Waals surface area contributed by atoms with Crippen molar-refractivity contribution in [2.75, 3.05) is 0 Å². The molecule has 0 heterocycles. The molecule has 0 aliphatic rings. The third-order valence-corrected chi connectivity index (χ3v) is 2.97. The van der Waals surface area contributed by atoms with Crippen molar-refractivity contribution in [1.82, 2.24) is 0 Å². The fourth-order valence-electron chi connectivity index (χ4n) is 2.14. The van der Waals surface area contributed by atoms with Gasteiger partial charge in [-0.05, 0) is 49.2 Å².